The first-order valence-corrected chi connectivity index (χ1v) is 8.20. The van der Waals surface area contributed by atoms with Gasteiger partial charge >= 0.3 is 0 Å². The third-order valence-electron chi connectivity index (χ3n) is 5.81. The topological polar surface area (TPSA) is 70.8 Å². The van der Waals surface area contributed by atoms with E-state index < -0.39 is 0 Å². The Kier molecular flexibility index (Phi) is 3.17. The van der Waals surface area contributed by atoms with Crippen molar-refractivity contribution < 1.29 is 0 Å². The van der Waals surface area contributed by atoms with E-state index in [4.69, 9.17) is 10.7 Å². The van der Waals surface area contributed by atoms with Crippen LogP contribution >= 0.6 is 0 Å². The van der Waals surface area contributed by atoms with E-state index >= 15 is 0 Å². The van der Waals surface area contributed by atoms with E-state index in [1.165, 1.54) is 38.5 Å². The van der Waals surface area contributed by atoms with E-state index in [2.05, 4.69) is 15.1 Å². The van der Waals surface area contributed by atoms with E-state index in [9.17, 15) is 0 Å². The maximum absolute atomic E-state index is 5.75. The Morgan fingerprint density at radius 2 is 2.00 bits per heavy atom. The third kappa shape index (κ3) is 2.12. The van der Waals surface area contributed by atoms with E-state index in [0.717, 1.165) is 43.2 Å². The highest BCUT2D eigenvalue weighted by molar-refractivity contribution is 5.30. The van der Waals surface area contributed by atoms with Crippen LogP contribution in [0.4, 0.5) is 5.95 Å². The Balaban J connectivity index is 1.43. The van der Waals surface area contributed by atoms with Gasteiger partial charge in [0.1, 0.15) is 5.82 Å². The molecule has 5 nitrogen and oxygen atoms in total. The van der Waals surface area contributed by atoms with Crippen LogP contribution in [0.3, 0.4) is 0 Å². The number of nitrogens with zero attached hydrogens (tertiary/aromatic N) is 3. The molecule has 5 heteroatoms. The number of fused-ring (bicyclic) bond motifs is 2. The fourth-order valence-corrected chi connectivity index (χ4v) is 4.52. The summed E-state index contributed by atoms with van der Waals surface area (Å²) in [7, 11) is 0. The molecule has 2 aliphatic carbocycles. The molecule has 1 saturated heterocycles. The smallest absolute Gasteiger partial charge is 0.244 e. The predicted molar refractivity (Wildman–Crippen MR) is 78.6 cm³/mol. The Labute approximate surface area is 120 Å². The van der Waals surface area contributed by atoms with Crippen LogP contribution in [0.2, 0.25) is 0 Å². The van der Waals surface area contributed by atoms with Crippen molar-refractivity contribution in [2.75, 3.05) is 24.5 Å². The third-order valence-corrected chi connectivity index (χ3v) is 5.81. The van der Waals surface area contributed by atoms with Crippen LogP contribution in [0.25, 0.3) is 0 Å². The largest absolute Gasteiger partial charge is 0.340 e. The quantitative estimate of drug-likeness (QED) is 0.883. The van der Waals surface area contributed by atoms with Gasteiger partial charge in [-0.2, -0.15) is 4.98 Å². The Hall–Kier alpha value is -1.10. The molecule has 3 atom stereocenters. The lowest BCUT2D eigenvalue weighted by Gasteiger charge is -2.30. The van der Waals surface area contributed by atoms with E-state index in [0.29, 0.717) is 11.8 Å². The first-order chi connectivity index (χ1) is 9.83. The van der Waals surface area contributed by atoms with Crippen molar-refractivity contribution in [3.63, 3.8) is 0 Å². The number of rotatable bonds is 3. The van der Waals surface area contributed by atoms with Gasteiger partial charge in [0.15, 0.2) is 0 Å². The second-order valence-electron chi connectivity index (χ2n) is 6.97. The Morgan fingerprint density at radius 3 is 2.65 bits per heavy atom. The fourth-order valence-electron chi connectivity index (χ4n) is 4.52. The average Bonchev–Trinajstić information content (AvgIpc) is 3.23. The fraction of sp³-hybridized carbons (Fsp3) is 0.867. The molecule has 0 amide bonds. The average molecular weight is 275 g/mol. The summed E-state index contributed by atoms with van der Waals surface area (Å²) in [5.74, 6) is 5.22. The Morgan fingerprint density at radius 1 is 1.15 bits per heavy atom. The number of hydrogen-bond acceptors (Lipinski definition) is 4. The summed E-state index contributed by atoms with van der Waals surface area (Å²) < 4.78 is 0. The summed E-state index contributed by atoms with van der Waals surface area (Å²) in [6, 6.07) is 0. The molecule has 0 radical (unpaired) electrons. The minimum absolute atomic E-state index is 0.650. The summed E-state index contributed by atoms with van der Waals surface area (Å²) in [5.41, 5.74) is 5.75. The number of aromatic nitrogens is 3. The maximum atomic E-state index is 5.75. The van der Waals surface area contributed by atoms with Crippen LogP contribution in [-0.2, 0) is 0 Å². The molecule has 3 aliphatic rings. The standard InChI is InChI=1S/C15H25N5/c16-9-10-3-5-20(6-4-10)15-17-14(18-19-15)13-8-11-1-2-12(13)7-11/h10-13H,1-9,16H2,(H,17,18,19). The van der Waals surface area contributed by atoms with Gasteiger partial charge in [-0.1, -0.05) is 6.42 Å². The van der Waals surface area contributed by atoms with Crippen LogP contribution in [0, 0.1) is 17.8 Å². The molecule has 0 aromatic carbocycles. The van der Waals surface area contributed by atoms with Crippen molar-refractivity contribution >= 4 is 5.95 Å². The van der Waals surface area contributed by atoms with Crippen LogP contribution in [0.5, 0.6) is 0 Å². The Bertz CT molecular complexity index is 463. The SMILES string of the molecule is NCC1CCN(c2n[nH]c(C3CC4CCC3C4)n2)CC1. The van der Waals surface area contributed by atoms with Gasteiger partial charge in [0.25, 0.3) is 0 Å². The molecule has 2 heterocycles. The number of hydrogen-bond donors (Lipinski definition) is 2. The normalized spacial score (nSPS) is 34.0. The summed E-state index contributed by atoms with van der Waals surface area (Å²) >= 11 is 0. The van der Waals surface area contributed by atoms with Crippen molar-refractivity contribution in [1.82, 2.24) is 15.2 Å². The minimum Gasteiger partial charge on any atom is -0.340 e. The highest BCUT2D eigenvalue weighted by Crippen LogP contribution is 2.52. The molecular weight excluding hydrogens is 250 g/mol. The number of nitrogens with one attached hydrogen (secondary N) is 1. The molecule has 1 aromatic rings. The molecule has 3 N–H and O–H groups in total. The lowest BCUT2D eigenvalue weighted by atomic mass is 9.88. The molecule has 4 rings (SSSR count). The van der Waals surface area contributed by atoms with Crippen molar-refractivity contribution in [2.24, 2.45) is 23.5 Å². The monoisotopic (exact) mass is 275 g/mol. The molecule has 2 bridgehead atoms. The predicted octanol–water partition coefficient (Wildman–Crippen LogP) is 1.88. The first kappa shape index (κ1) is 12.6. The lowest BCUT2D eigenvalue weighted by molar-refractivity contribution is 0.404. The van der Waals surface area contributed by atoms with Crippen molar-refractivity contribution in [1.29, 1.82) is 0 Å². The zero-order valence-corrected chi connectivity index (χ0v) is 12.1. The van der Waals surface area contributed by atoms with Crippen LogP contribution in [-0.4, -0.2) is 34.8 Å². The molecule has 1 aliphatic heterocycles. The van der Waals surface area contributed by atoms with E-state index in [-0.39, 0.29) is 0 Å². The second-order valence-corrected chi connectivity index (χ2v) is 6.97. The first-order valence-electron chi connectivity index (χ1n) is 8.20. The van der Waals surface area contributed by atoms with Gasteiger partial charge in [-0.25, -0.2) is 0 Å². The van der Waals surface area contributed by atoms with Gasteiger partial charge in [-0.05, 0) is 56.4 Å². The zero-order chi connectivity index (χ0) is 13.5. The van der Waals surface area contributed by atoms with Gasteiger partial charge in [-0.15, -0.1) is 5.10 Å². The van der Waals surface area contributed by atoms with Gasteiger partial charge in [0.05, 0.1) is 0 Å². The summed E-state index contributed by atoms with van der Waals surface area (Å²) in [6.45, 7) is 2.92. The van der Waals surface area contributed by atoms with Crippen molar-refractivity contribution in [2.45, 2.75) is 44.4 Å². The second kappa shape index (κ2) is 5.02. The molecule has 110 valence electrons. The summed E-state index contributed by atoms with van der Waals surface area (Å²) in [4.78, 5) is 7.13. The van der Waals surface area contributed by atoms with E-state index in [1.807, 2.05) is 0 Å². The van der Waals surface area contributed by atoms with Crippen LogP contribution < -0.4 is 10.6 Å². The number of nitrogens with two attached hydrogens (primary N) is 1. The van der Waals surface area contributed by atoms with Crippen LogP contribution in [0.15, 0.2) is 0 Å². The number of piperidine rings is 1. The lowest BCUT2D eigenvalue weighted by Crippen LogP contribution is -2.36. The number of anilines is 1. The molecule has 0 spiro atoms. The highest BCUT2D eigenvalue weighted by atomic mass is 15.4. The van der Waals surface area contributed by atoms with E-state index in [1.54, 1.807) is 0 Å². The molecule has 20 heavy (non-hydrogen) atoms. The number of aromatic amines is 1. The molecule has 3 fully saturated rings. The van der Waals surface area contributed by atoms with Gasteiger partial charge in [-0.3, -0.25) is 5.10 Å². The molecular formula is C15H25N5. The molecule has 1 aromatic heterocycles. The van der Waals surface area contributed by atoms with Crippen molar-refractivity contribution in [3.8, 4) is 0 Å². The van der Waals surface area contributed by atoms with Gasteiger partial charge in [0.2, 0.25) is 5.95 Å². The maximum Gasteiger partial charge on any atom is 0.244 e. The zero-order valence-electron chi connectivity index (χ0n) is 12.1. The summed E-state index contributed by atoms with van der Waals surface area (Å²) in [5, 5.41) is 7.71. The highest BCUT2D eigenvalue weighted by Gasteiger charge is 2.41. The van der Waals surface area contributed by atoms with Crippen molar-refractivity contribution in [3.05, 3.63) is 5.82 Å². The molecule has 2 saturated carbocycles. The van der Waals surface area contributed by atoms with Gasteiger partial charge < -0.3 is 10.6 Å². The van der Waals surface area contributed by atoms with Gasteiger partial charge in [0, 0.05) is 19.0 Å². The van der Waals surface area contributed by atoms with Crippen LogP contribution in [0.1, 0.15) is 50.3 Å². The number of H-pyrrole nitrogens is 1. The minimum atomic E-state index is 0.650. The summed E-state index contributed by atoms with van der Waals surface area (Å²) in [6.07, 6.45) is 7.93. The molecule has 3 unspecified atom stereocenters.